The van der Waals surface area contributed by atoms with Gasteiger partial charge in [0.05, 0.1) is 15.7 Å². The summed E-state index contributed by atoms with van der Waals surface area (Å²) >= 11 is 17.6. The van der Waals surface area contributed by atoms with E-state index < -0.39 is 21.8 Å². The van der Waals surface area contributed by atoms with Crippen molar-refractivity contribution in [3.63, 3.8) is 0 Å². The van der Waals surface area contributed by atoms with Gasteiger partial charge in [-0.25, -0.2) is 12.8 Å². The lowest BCUT2D eigenvalue weighted by atomic mass is 10.2. The molecule has 0 aliphatic carbocycles. The molecule has 2 rings (SSSR count). The number of carboxylic acid groups (broad SMARTS) is 1. The maximum atomic E-state index is 13.4. The number of hydrogen-bond acceptors (Lipinski definition) is 3. The molecule has 0 aromatic heterocycles. The molecule has 0 aliphatic rings. The number of benzene rings is 2. The number of aliphatic carboxylic acids is 1. The van der Waals surface area contributed by atoms with E-state index in [9.17, 15) is 17.6 Å². The van der Waals surface area contributed by atoms with Crippen molar-refractivity contribution in [1.29, 1.82) is 0 Å². The highest BCUT2D eigenvalue weighted by Gasteiger charge is 2.28. The Morgan fingerprint density at radius 2 is 1.77 bits per heavy atom. The van der Waals surface area contributed by atoms with E-state index in [-0.39, 0.29) is 45.0 Å². The van der Waals surface area contributed by atoms with Crippen molar-refractivity contribution < 1.29 is 22.7 Å². The Hall–Kier alpha value is -1.54. The summed E-state index contributed by atoms with van der Waals surface area (Å²) in [6, 6.07) is 7.37. The van der Waals surface area contributed by atoms with Crippen LogP contribution in [-0.4, -0.2) is 26.0 Å². The number of hydrogen-bond donors (Lipinski definition) is 1. The minimum Gasteiger partial charge on any atom is -0.481 e. The smallest absolute Gasteiger partial charge is 0.303 e. The van der Waals surface area contributed by atoms with Crippen molar-refractivity contribution in [2.45, 2.75) is 17.7 Å². The molecule has 26 heavy (non-hydrogen) atoms. The number of anilines is 1. The SMILES string of the molecule is O=C(O)CCCN(c1ccc(F)c(Cl)c1)S(=O)(=O)c1cc(Cl)ccc1Cl. The Balaban J connectivity index is 2.52. The van der Waals surface area contributed by atoms with Crippen LogP contribution in [0.15, 0.2) is 41.3 Å². The second-order valence-corrected chi connectivity index (χ2v) is 8.33. The molecular weight excluding hydrogens is 428 g/mol. The van der Waals surface area contributed by atoms with Crippen molar-refractivity contribution in [3.8, 4) is 0 Å². The highest BCUT2D eigenvalue weighted by atomic mass is 35.5. The fraction of sp³-hybridized carbons (Fsp3) is 0.188. The average Bonchev–Trinajstić information content (AvgIpc) is 2.56. The van der Waals surface area contributed by atoms with Gasteiger partial charge in [0.25, 0.3) is 10.0 Å². The van der Waals surface area contributed by atoms with Gasteiger partial charge in [-0.15, -0.1) is 0 Å². The van der Waals surface area contributed by atoms with Crippen molar-refractivity contribution in [1.82, 2.24) is 0 Å². The van der Waals surface area contributed by atoms with E-state index in [1.54, 1.807) is 0 Å². The maximum absolute atomic E-state index is 13.4. The molecule has 10 heteroatoms. The number of rotatable bonds is 7. The molecule has 0 spiro atoms. The first kappa shape index (κ1) is 20.8. The highest BCUT2D eigenvalue weighted by Crippen LogP contribution is 2.32. The normalized spacial score (nSPS) is 11.4. The number of sulfonamides is 1. The molecule has 0 fully saturated rings. The molecule has 2 aromatic carbocycles. The first-order valence-electron chi connectivity index (χ1n) is 7.27. The summed E-state index contributed by atoms with van der Waals surface area (Å²) in [7, 11) is -4.19. The van der Waals surface area contributed by atoms with E-state index in [2.05, 4.69) is 0 Å². The van der Waals surface area contributed by atoms with Crippen LogP contribution in [0.1, 0.15) is 12.8 Å². The van der Waals surface area contributed by atoms with Crippen molar-refractivity contribution in [2.24, 2.45) is 0 Å². The lowest BCUT2D eigenvalue weighted by molar-refractivity contribution is -0.137. The molecule has 0 heterocycles. The largest absolute Gasteiger partial charge is 0.481 e. The molecular formula is C16H13Cl3FNO4S. The molecule has 0 aliphatic heterocycles. The summed E-state index contributed by atoms with van der Waals surface area (Å²) in [6.07, 6.45) is -0.216. The topological polar surface area (TPSA) is 74.7 Å². The highest BCUT2D eigenvalue weighted by molar-refractivity contribution is 7.93. The first-order chi connectivity index (χ1) is 12.1. The third kappa shape index (κ3) is 4.79. The summed E-state index contributed by atoms with van der Waals surface area (Å²) in [5.41, 5.74) is 0.0813. The van der Waals surface area contributed by atoms with Gasteiger partial charge in [-0.2, -0.15) is 0 Å². The molecule has 5 nitrogen and oxygen atoms in total. The second-order valence-electron chi connectivity index (χ2n) is 5.25. The molecule has 0 saturated heterocycles. The van der Waals surface area contributed by atoms with Gasteiger partial charge in [0.2, 0.25) is 0 Å². The number of carbonyl (C=O) groups is 1. The first-order valence-corrected chi connectivity index (χ1v) is 9.85. The van der Waals surface area contributed by atoms with Crippen LogP contribution in [0.5, 0.6) is 0 Å². The molecule has 140 valence electrons. The van der Waals surface area contributed by atoms with E-state index in [0.29, 0.717) is 0 Å². The minimum atomic E-state index is -4.19. The zero-order chi connectivity index (χ0) is 19.5. The lowest BCUT2D eigenvalue weighted by Gasteiger charge is -2.25. The Kier molecular flexibility index (Phi) is 6.74. The van der Waals surface area contributed by atoms with Gasteiger partial charge >= 0.3 is 5.97 Å². The van der Waals surface area contributed by atoms with Crippen LogP contribution in [0, 0.1) is 5.82 Å². The Morgan fingerprint density at radius 1 is 1.08 bits per heavy atom. The molecule has 0 unspecified atom stereocenters. The van der Waals surface area contributed by atoms with Crippen LogP contribution in [0.3, 0.4) is 0 Å². The summed E-state index contributed by atoms with van der Waals surface area (Å²) in [6.45, 7) is -0.167. The maximum Gasteiger partial charge on any atom is 0.303 e. The standard InChI is InChI=1S/C16H13Cl3FNO4S/c17-10-3-5-12(18)15(8-10)26(24,25)21(7-1-2-16(22)23)11-4-6-14(20)13(19)9-11/h3-6,8-9H,1-2,7H2,(H,22,23). The van der Waals surface area contributed by atoms with Gasteiger partial charge in [-0.1, -0.05) is 34.8 Å². The fourth-order valence-electron chi connectivity index (χ4n) is 2.20. The van der Waals surface area contributed by atoms with Crippen LogP contribution in [0.25, 0.3) is 0 Å². The van der Waals surface area contributed by atoms with Gasteiger partial charge in [0.15, 0.2) is 0 Å². The molecule has 0 atom stereocenters. The summed E-state index contributed by atoms with van der Waals surface area (Å²) in [5, 5.41) is 8.65. The van der Waals surface area contributed by atoms with Crippen LogP contribution >= 0.6 is 34.8 Å². The lowest BCUT2D eigenvalue weighted by Crippen LogP contribution is -2.32. The van der Waals surface area contributed by atoms with Crippen molar-refractivity contribution >= 4 is 56.5 Å². The van der Waals surface area contributed by atoms with Gasteiger partial charge in [0.1, 0.15) is 10.7 Å². The summed E-state index contributed by atoms with van der Waals surface area (Å²) in [5.74, 6) is -1.78. The van der Waals surface area contributed by atoms with Crippen LogP contribution in [0.2, 0.25) is 15.1 Å². The molecule has 0 radical (unpaired) electrons. The zero-order valence-electron chi connectivity index (χ0n) is 13.1. The average molecular weight is 441 g/mol. The molecule has 0 amide bonds. The molecule has 1 N–H and O–H groups in total. The number of halogens is 4. The predicted octanol–water partition coefficient (Wildman–Crippen LogP) is 4.85. The minimum absolute atomic E-state index is 0.0295. The predicted molar refractivity (Wildman–Crippen MR) is 99.3 cm³/mol. The molecule has 0 saturated carbocycles. The van der Waals surface area contributed by atoms with Gasteiger partial charge in [-0.3, -0.25) is 9.10 Å². The van der Waals surface area contributed by atoms with E-state index in [1.807, 2.05) is 0 Å². The third-order valence-corrected chi connectivity index (χ3v) is 6.24. The van der Waals surface area contributed by atoms with E-state index in [1.165, 1.54) is 24.3 Å². The van der Waals surface area contributed by atoms with E-state index in [0.717, 1.165) is 16.4 Å². The summed E-state index contributed by atoms with van der Waals surface area (Å²) < 4.78 is 40.5. The Labute approximate surface area is 164 Å². The van der Waals surface area contributed by atoms with Gasteiger partial charge in [-0.05, 0) is 42.8 Å². The Morgan fingerprint density at radius 3 is 2.38 bits per heavy atom. The monoisotopic (exact) mass is 439 g/mol. The van der Waals surface area contributed by atoms with Crippen molar-refractivity contribution in [2.75, 3.05) is 10.8 Å². The fourth-order valence-corrected chi connectivity index (χ4v) is 4.61. The van der Waals surface area contributed by atoms with Crippen LogP contribution in [-0.2, 0) is 14.8 Å². The Bertz CT molecular complexity index is 937. The van der Waals surface area contributed by atoms with Crippen LogP contribution in [0.4, 0.5) is 10.1 Å². The zero-order valence-corrected chi connectivity index (χ0v) is 16.2. The van der Waals surface area contributed by atoms with E-state index in [4.69, 9.17) is 39.9 Å². The molecule has 0 bridgehead atoms. The number of nitrogens with zero attached hydrogens (tertiary/aromatic N) is 1. The van der Waals surface area contributed by atoms with Crippen molar-refractivity contribution in [3.05, 3.63) is 57.3 Å². The number of carboxylic acids is 1. The summed E-state index contributed by atoms with van der Waals surface area (Å²) in [4.78, 5) is 10.5. The van der Waals surface area contributed by atoms with Gasteiger partial charge in [0, 0.05) is 18.0 Å². The third-order valence-electron chi connectivity index (χ3n) is 3.40. The second kappa shape index (κ2) is 8.43. The van der Waals surface area contributed by atoms with Crippen LogP contribution < -0.4 is 4.31 Å². The van der Waals surface area contributed by atoms with Gasteiger partial charge < -0.3 is 5.11 Å². The van der Waals surface area contributed by atoms with E-state index >= 15 is 0 Å². The quantitative estimate of drug-likeness (QED) is 0.668. The molecule has 2 aromatic rings.